The van der Waals surface area contributed by atoms with Crippen LogP contribution in [0, 0.1) is 5.92 Å². The molecule has 29 heavy (non-hydrogen) atoms. The second-order valence-corrected chi connectivity index (χ2v) is 9.33. The van der Waals surface area contributed by atoms with Crippen LogP contribution < -0.4 is 0 Å². The summed E-state index contributed by atoms with van der Waals surface area (Å²) in [6.45, 7) is 4.53. The Hall–Kier alpha value is -0.530. The highest BCUT2D eigenvalue weighted by Gasteiger charge is 2.16. The summed E-state index contributed by atoms with van der Waals surface area (Å²) in [5.74, 6) is -0.657. The topological polar surface area (TPSA) is 37.3 Å². The van der Waals surface area contributed by atoms with Gasteiger partial charge in [0.15, 0.2) is 0 Å². The maximum atomic E-state index is 11.5. The van der Waals surface area contributed by atoms with E-state index in [9.17, 15) is 9.90 Å². The second kappa shape index (κ2) is 23.7. The summed E-state index contributed by atoms with van der Waals surface area (Å²) in [7, 11) is 0. The molecule has 0 aliphatic rings. The Kier molecular flexibility index (Phi) is 23.3. The Bertz CT molecular complexity index is 326. The van der Waals surface area contributed by atoms with Crippen molar-refractivity contribution < 1.29 is 9.90 Å². The average Bonchev–Trinajstić information content (AvgIpc) is 2.71. The van der Waals surface area contributed by atoms with Crippen molar-refractivity contribution in [3.8, 4) is 0 Å². The Balaban J connectivity index is 3.43. The third-order valence-corrected chi connectivity index (χ3v) is 6.41. The fraction of sp³-hybridized carbons (Fsp3) is 0.963. The van der Waals surface area contributed by atoms with Crippen molar-refractivity contribution in [3.05, 3.63) is 0 Å². The van der Waals surface area contributed by atoms with Crippen molar-refractivity contribution in [3.63, 3.8) is 0 Å². The van der Waals surface area contributed by atoms with Crippen LogP contribution in [0.3, 0.4) is 0 Å². The quantitative estimate of drug-likeness (QED) is 0.161. The highest BCUT2D eigenvalue weighted by Crippen LogP contribution is 2.20. The minimum atomic E-state index is -0.562. The Morgan fingerprint density at radius 1 is 0.483 bits per heavy atom. The molecule has 174 valence electrons. The van der Waals surface area contributed by atoms with E-state index in [1.807, 2.05) is 0 Å². The standard InChI is InChI=1S/C27H54O2/c1-3-5-7-9-11-13-14-15-17-19-21-23-25-26(27(28)29)24-22-20-18-16-12-10-8-6-4-2/h26H,3-25H2,1-2H3,(H,28,29). The van der Waals surface area contributed by atoms with Crippen LogP contribution >= 0.6 is 0 Å². The molecule has 0 aromatic heterocycles. The maximum Gasteiger partial charge on any atom is 0.306 e. The molecule has 0 radical (unpaired) electrons. The van der Waals surface area contributed by atoms with Gasteiger partial charge in [0.2, 0.25) is 0 Å². The lowest BCUT2D eigenvalue weighted by molar-refractivity contribution is -0.142. The third kappa shape index (κ3) is 22.0. The fourth-order valence-corrected chi connectivity index (χ4v) is 4.32. The van der Waals surface area contributed by atoms with Crippen LogP contribution in [0.1, 0.15) is 162 Å². The summed E-state index contributed by atoms with van der Waals surface area (Å²) in [5, 5.41) is 9.47. The molecule has 0 amide bonds. The Labute approximate surface area is 183 Å². The molecule has 0 saturated carbocycles. The Morgan fingerprint density at radius 2 is 0.724 bits per heavy atom. The summed E-state index contributed by atoms with van der Waals surface area (Å²) in [4.78, 5) is 11.5. The highest BCUT2D eigenvalue weighted by molar-refractivity contribution is 5.69. The number of carbonyl (C=O) groups is 1. The zero-order valence-electron chi connectivity index (χ0n) is 20.2. The lowest BCUT2D eigenvalue weighted by Gasteiger charge is -2.12. The van der Waals surface area contributed by atoms with Gasteiger partial charge in [-0.05, 0) is 12.8 Å². The average molecular weight is 411 g/mol. The molecule has 0 fully saturated rings. The molecule has 1 N–H and O–H groups in total. The molecule has 2 heteroatoms. The lowest BCUT2D eigenvalue weighted by atomic mass is 9.94. The van der Waals surface area contributed by atoms with Crippen molar-refractivity contribution in [1.29, 1.82) is 0 Å². The van der Waals surface area contributed by atoms with Crippen LogP contribution in [0.2, 0.25) is 0 Å². The van der Waals surface area contributed by atoms with Crippen LogP contribution in [0.4, 0.5) is 0 Å². The van der Waals surface area contributed by atoms with Crippen molar-refractivity contribution >= 4 is 5.97 Å². The predicted molar refractivity (Wildman–Crippen MR) is 129 cm³/mol. The van der Waals surface area contributed by atoms with E-state index in [1.54, 1.807) is 0 Å². The first kappa shape index (κ1) is 28.5. The van der Waals surface area contributed by atoms with Crippen molar-refractivity contribution in [1.82, 2.24) is 0 Å². The van der Waals surface area contributed by atoms with Gasteiger partial charge in [-0.25, -0.2) is 0 Å². The predicted octanol–water partition coefficient (Wildman–Crippen LogP) is 9.70. The lowest BCUT2D eigenvalue weighted by Crippen LogP contribution is -2.13. The molecule has 0 spiro atoms. The zero-order chi connectivity index (χ0) is 21.4. The molecule has 0 heterocycles. The number of hydrogen-bond acceptors (Lipinski definition) is 1. The highest BCUT2D eigenvalue weighted by atomic mass is 16.4. The van der Waals surface area contributed by atoms with Crippen LogP contribution in [0.15, 0.2) is 0 Å². The van der Waals surface area contributed by atoms with Crippen LogP contribution in [-0.2, 0) is 4.79 Å². The monoisotopic (exact) mass is 410 g/mol. The van der Waals surface area contributed by atoms with E-state index < -0.39 is 5.97 Å². The van der Waals surface area contributed by atoms with Gasteiger partial charge in [0, 0.05) is 0 Å². The smallest absolute Gasteiger partial charge is 0.306 e. The third-order valence-electron chi connectivity index (χ3n) is 6.41. The van der Waals surface area contributed by atoms with Gasteiger partial charge in [-0.15, -0.1) is 0 Å². The zero-order valence-corrected chi connectivity index (χ0v) is 20.2. The number of rotatable bonds is 24. The summed E-state index contributed by atoms with van der Waals surface area (Å²) in [6.07, 6.45) is 29.7. The number of hydrogen-bond donors (Lipinski definition) is 1. The minimum Gasteiger partial charge on any atom is -0.481 e. The van der Waals surface area contributed by atoms with E-state index in [1.165, 1.54) is 122 Å². The van der Waals surface area contributed by atoms with E-state index in [-0.39, 0.29) is 5.92 Å². The second-order valence-electron chi connectivity index (χ2n) is 9.33. The molecule has 0 saturated heterocycles. The largest absolute Gasteiger partial charge is 0.481 e. The summed E-state index contributed by atoms with van der Waals surface area (Å²) in [5.41, 5.74) is 0. The van der Waals surface area contributed by atoms with E-state index in [4.69, 9.17) is 0 Å². The molecule has 0 aliphatic carbocycles. The van der Waals surface area contributed by atoms with Gasteiger partial charge in [0.1, 0.15) is 0 Å². The van der Waals surface area contributed by atoms with Gasteiger partial charge in [-0.3, -0.25) is 4.79 Å². The molecule has 2 nitrogen and oxygen atoms in total. The first-order valence-electron chi connectivity index (χ1n) is 13.4. The number of carboxylic acids is 1. The van der Waals surface area contributed by atoms with Gasteiger partial charge < -0.3 is 5.11 Å². The Morgan fingerprint density at radius 3 is 0.966 bits per heavy atom. The molecule has 0 rings (SSSR count). The SMILES string of the molecule is CCCCCCCCCCCCCCC(CCCCCCCCCCC)C(=O)O. The minimum absolute atomic E-state index is 0.0947. The first-order valence-corrected chi connectivity index (χ1v) is 13.4. The molecule has 0 aromatic rings. The van der Waals surface area contributed by atoms with Crippen molar-refractivity contribution in [2.45, 2.75) is 162 Å². The van der Waals surface area contributed by atoms with Crippen molar-refractivity contribution in [2.24, 2.45) is 5.92 Å². The normalized spacial score (nSPS) is 12.3. The molecule has 1 unspecified atom stereocenters. The molecule has 1 atom stereocenters. The van der Waals surface area contributed by atoms with Crippen LogP contribution in [0.5, 0.6) is 0 Å². The number of unbranched alkanes of at least 4 members (excludes halogenated alkanes) is 19. The number of carboxylic acid groups (broad SMARTS) is 1. The van der Waals surface area contributed by atoms with Gasteiger partial charge in [0.05, 0.1) is 5.92 Å². The fourth-order valence-electron chi connectivity index (χ4n) is 4.32. The first-order chi connectivity index (χ1) is 14.2. The molecular weight excluding hydrogens is 356 g/mol. The van der Waals surface area contributed by atoms with Crippen LogP contribution in [-0.4, -0.2) is 11.1 Å². The number of aliphatic carboxylic acids is 1. The molecule has 0 aliphatic heterocycles. The molecule has 0 bridgehead atoms. The summed E-state index contributed by atoms with van der Waals surface area (Å²) < 4.78 is 0. The van der Waals surface area contributed by atoms with E-state index in [0.717, 1.165) is 25.7 Å². The molecule has 0 aromatic carbocycles. The maximum absolute atomic E-state index is 11.5. The van der Waals surface area contributed by atoms with E-state index in [0.29, 0.717) is 0 Å². The summed E-state index contributed by atoms with van der Waals surface area (Å²) in [6, 6.07) is 0. The van der Waals surface area contributed by atoms with Crippen LogP contribution in [0.25, 0.3) is 0 Å². The van der Waals surface area contributed by atoms with Gasteiger partial charge in [-0.1, -0.05) is 149 Å². The van der Waals surface area contributed by atoms with E-state index >= 15 is 0 Å². The molecular formula is C27H54O2. The summed E-state index contributed by atoms with van der Waals surface area (Å²) >= 11 is 0. The van der Waals surface area contributed by atoms with E-state index in [2.05, 4.69) is 13.8 Å². The van der Waals surface area contributed by atoms with Gasteiger partial charge in [0.25, 0.3) is 0 Å². The van der Waals surface area contributed by atoms with Gasteiger partial charge >= 0.3 is 5.97 Å². The van der Waals surface area contributed by atoms with Gasteiger partial charge in [-0.2, -0.15) is 0 Å². The van der Waals surface area contributed by atoms with Crippen molar-refractivity contribution in [2.75, 3.05) is 0 Å².